The molecule has 1 fully saturated rings. The maximum Gasteiger partial charge on any atom is 0.255 e. The van der Waals surface area contributed by atoms with E-state index in [1.165, 1.54) is 12.6 Å². The van der Waals surface area contributed by atoms with E-state index in [0.29, 0.717) is 29.6 Å². The molecule has 126 valence electrons. The van der Waals surface area contributed by atoms with Crippen LogP contribution in [0.4, 0.5) is 0 Å². The summed E-state index contributed by atoms with van der Waals surface area (Å²) in [6.45, 7) is 7.60. The van der Waals surface area contributed by atoms with Crippen molar-refractivity contribution in [3.63, 3.8) is 0 Å². The van der Waals surface area contributed by atoms with E-state index in [-0.39, 0.29) is 11.8 Å². The van der Waals surface area contributed by atoms with Crippen LogP contribution >= 0.6 is 0 Å². The monoisotopic (exact) mass is 317 g/mol. The lowest BCUT2D eigenvalue weighted by Crippen LogP contribution is -2.43. The summed E-state index contributed by atoms with van der Waals surface area (Å²) in [4.78, 5) is 30.9. The van der Waals surface area contributed by atoms with Gasteiger partial charge < -0.3 is 10.2 Å². The summed E-state index contributed by atoms with van der Waals surface area (Å²) in [6.07, 6.45) is 7.32. The summed E-state index contributed by atoms with van der Waals surface area (Å²) in [6, 6.07) is 1.96. The molecule has 0 saturated carbocycles. The minimum atomic E-state index is -0.175. The number of pyridine rings is 1. The largest absolute Gasteiger partial charge is 0.352 e. The highest BCUT2D eigenvalue weighted by atomic mass is 16.2. The van der Waals surface area contributed by atoms with Crippen molar-refractivity contribution in [2.24, 2.45) is 5.92 Å². The molecule has 1 saturated heterocycles. The van der Waals surface area contributed by atoms with Gasteiger partial charge in [0.1, 0.15) is 0 Å². The van der Waals surface area contributed by atoms with Crippen LogP contribution in [0, 0.1) is 5.92 Å². The van der Waals surface area contributed by atoms with Crippen LogP contribution in [0.2, 0.25) is 0 Å². The second-order valence-electron chi connectivity index (χ2n) is 6.62. The van der Waals surface area contributed by atoms with Gasteiger partial charge in [-0.3, -0.25) is 14.6 Å². The smallest absolute Gasteiger partial charge is 0.255 e. The number of piperidine rings is 1. The van der Waals surface area contributed by atoms with Gasteiger partial charge in [0.25, 0.3) is 11.8 Å². The second-order valence-corrected chi connectivity index (χ2v) is 6.62. The molecule has 23 heavy (non-hydrogen) atoms. The lowest BCUT2D eigenvalue weighted by molar-refractivity contribution is 0.0607. The Morgan fingerprint density at radius 1 is 1.30 bits per heavy atom. The van der Waals surface area contributed by atoms with Crippen molar-refractivity contribution in [2.45, 2.75) is 52.5 Å². The van der Waals surface area contributed by atoms with Gasteiger partial charge in [-0.25, -0.2) is 0 Å². The van der Waals surface area contributed by atoms with E-state index in [2.05, 4.69) is 17.2 Å². The summed E-state index contributed by atoms with van der Waals surface area (Å²) >= 11 is 0. The van der Waals surface area contributed by atoms with Crippen molar-refractivity contribution in [1.82, 2.24) is 15.2 Å². The third kappa shape index (κ3) is 4.53. The average Bonchev–Trinajstić information content (AvgIpc) is 2.59. The first-order valence-corrected chi connectivity index (χ1v) is 8.57. The van der Waals surface area contributed by atoms with Gasteiger partial charge in [0.2, 0.25) is 0 Å². The normalized spacial score (nSPS) is 18.1. The Hall–Kier alpha value is -1.91. The summed E-state index contributed by atoms with van der Waals surface area (Å²) in [5.41, 5.74) is 0.948. The Labute approximate surface area is 138 Å². The topological polar surface area (TPSA) is 62.3 Å². The zero-order valence-electron chi connectivity index (χ0n) is 14.3. The number of hydrogen-bond donors (Lipinski definition) is 1. The zero-order chi connectivity index (χ0) is 16.8. The molecular formula is C18H27N3O2. The molecule has 5 heteroatoms. The van der Waals surface area contributed by atoms with Crippen molar-refractivity contribution in [1.29, 1.82) is 0 Å². The molecule has 2 heterocycles. The van der Waals surface area contributed by atoms with Crippen LogP contribution in [0.25, 0.3) is 0 Å². The van der Waals surface area contributed by atoms with Gasteiger partial charge in [-0.05, 0) is 37.7 Å². The number of likely N-dealkylation sites (tertiary alicyclic amines) is 1. The number of hydrogen-bond acceptors (Lipinski definition) is 3. The van der Waals surface area contributed by atoms with Crippen LogP contribution in [0.1, 0.15) is 67.2 Å². The van der Waals surface area contributed by atoms with Crippen molar-refractivity contribution in [3.05, 3.63) is 29.6 Å². The zero-order valence-corrected chi connectivity index (χ0v) is 14.3. The molecule has 0 bridgehead atoms. The highest BCUT2D eigenvalue weighted by Crippen LogP contribution is 2.21. The number of nitrogens with one attached hydrogen (secondary N) is 1. The van der Waals surface area contributed by atoms with E-state index in [4.69, 9.17) is 0 Å². The SMILES string of the molecule is CCC1CCCCN1C(=O)c1cncc(C(=O)NCC(C)C)c1. The molecule has 0 aliphatic carbocycles. The van der Waals surface area contributed by atoms with Gasteiger partial charge in [-0.15, -0.1) is 0 Å². The van der Waals surface area contributed by atoms with Gasteiger partial charge in [0, 0.05) is 31.5 Å². The fourth-order valence-electron chi connectivity index (χ4n) is 2.94. The predicted molar refractivity (Wildman–Crippen MR) is 90.4 cm³/mol. The van der Waals surface area contributed by atoms with Crippen LogP contribution in [-0.2, 0) is 0 Å². The highest BCUT2D eigenvalue weighted by Gasteiger charge is 2.26. The Bertz CT molecular complexity index is 557. The lowest BCUT2D eigenvalue weighted by Gasteiger charge is -2.35. The van der Waals surface area contributed by atoms with Gasteiger partial charge >= 0.3 is 0 Å². The van der Waals surface area contributed by atoms with Crippen LogP contribution in [-0.4, -0.2) is 40.8 Å². The van der Waals surface area contributed by atoms with E-state index in [1.54, 1.807) is 12.3 Å². The number of amides is 2. The van der Waals surface area contributed by atoms with Gasteiger partial charge in [0.15, 0.2) is 0 Å². The minimum absolute atomic E-state index is 0.0115. The van der Waals surface area contributed by atoms with E-state index < -0.39 is 0 Å². The first-order chi connectivity index (χ1) is 11.0. The molecule has 2 rings (SSSR count). The Balaban J connectivity index is 2.12. The first-order valence-electron chi connectivity index (χ1n) is 8.57. The Kier molecular flexibility index (Phi) is 6.13. The summed E-state index contributed by atoms with van der Waals surface area (Å²) in [5, 5.41) is 2.86. The third-order valence-corrected chi connectivity index (χ3v) is 4.28. The summed E-state index contributed by atoms with van der Waals surface area (Å²) < 4.78 is 0. The summed E-state index contributed by atoms with van der Waals surface area (Å²) in [5.74, 6) is 0.199. The molecule has 1 unspecified atom stereocenters. The fraction of sp³-hybridized carbons (Fsp3) is 0.611. The molecule has 1 aromatic heterocycles. The number of carbonyl (C=O) groups is 2. The molecule has 1 atom stereocenters. The predicted octanol–water partition coefficient (Wildman–Crippen LogP) is 2.87. The molecule has 1 aromatic rings. The maximum absolute atomic E-state index is 12.8. The molecule has 1 N–H and O–H groups in total. The molecule has 0 radical (unpaired) electrons. The lowest BCUT2D eigenvalue weighted by atomic mass is 9.99. The quantitative estimate of drug-likeness (QED) is 0.908. The van der Waals surface area contributed by atoms with Crippen LogP contribution < -0.4 is 5.32 Å². The highest BCUT2D eigenvalue weighted by molar-refractivity contribution is 5.99. The Morgan fingerprint density at radius 3 is 2.74 bits per heavy atom. The minimum Gasteiger partial charge on any atom is -0.352 e. The fourth-order valence-corrected chi connectivity index (χ4v) is 2.94. The summed E-state index contributed by atoms with van der Waals surface area (Å²) in [7, 11) is 0. The number of nitrogens with zero attached hydrogens (tertiary/aromatic N) is 2. The van der Waals surface area contributed by atoms with Crippen LogP contribution in [0.15, 0.2) is 18.5 Å². The molecule has 0 aromatic carbocycles. The van der Waals surface area contributed by atoms with Gasteiger partial charge in [0.05, 0.1) is 11.1 Å². The van der Waals surface area contributed by atoms with Crippen molar-refractivity contribution in [3.8, 4) is 0 Å². The second kappa shape index (κ2) is 8.09. The van der Waals surface area contributed by atoms with Crippen molar-refractivity contribution >= 4 is 11.8 Å². The molecule has 0 spiro atoms. The van der Waals surface area contributed by atoms with Gasteiger partial charge in [-0.2, -0.15) is 0 Å². The standard InChI is InChI=1S/C18H27N3O2/c1-4-16-7-5-6-8-21(16)18(23)15-9-14(11-19-12-15)17(22)20-10-13(2)3/h9,11-13,16H,4-8,10H2,1-3H3,(H,20,22). The van der Waals surface area contributed by atoms with Crippen LogP contribution in [0.5, 0.6) is 0 Å². The van der Waals surface area contributed by atoms with Crippen molar-refractivity contribution < 1.29 is 9.59 Å². The molecular weight excluding hydrogens is 290 g/mol. The molecule has 1 aliphatic heterocycles. The van der Waals surface area contributed by atoms with Crippen molar-refractivity contribution in [2.75, 3.05) is 13.1 Å². The average molecular weight is 317 g/mol. The van der Waals surface area contributed by atoms with Crippen LogP contribution in [0.3, 0.4) is 0 Å². The molecule has 2 amide bonds. The molecule has 5 nitrogen and oxygen atoms in total. The van der Waals surface area contributed by atoms with E-state index >= 15 is 0 Å². The third-order valence-electron chi connectivity index (χ3n) is 4.28. The Morgan fingerprint density at radius 2 is 2.04 bits per heavy atom. The van der Waals surface area contributed by atoms with E-state index in [0.717, 1.165) is 25.8 Å². The number of rotatable bonds is 5. The maximum atomic E-state index is 12.8. The molecule has 1 aliphatic rings. The van der Waals surface area contributed by atoms with E-state index in [9.17, 15) is 9.59 Å². The van der Waals surface area contributed by atoms with Gasteiger partial charge in [-0.1, -0.05) is 20.8 Å². The number of aromatic nitrogens is 1. The van der Waals surface area contributed by atoms with E-state index in [1.807, 2.05) is 18.7 Å². The number of carbonyl (C=O) groups excluding carboxylic acids is 2. The first kappa shape index (κ1) is 17.4.